The lowest BCUT2D eigenvalue weighted by Gasteiger charge is -2.31. The van der Waals surface area contributed by atoms with E-state index in [2.05, 4.69) is 48.0 Å². The third-order valence-corrected chi connectivity index (χ3v) is 5.03. The predicted octanol–water partition coefficient (Wildman–Crippen LogP) is 4.14. The molecule has 0 bridgehead atoms. The number of benzene rings is 1. The molecule has 2 aromatic rings. The standard InChI is InChI=1S/C22H28N2O2/c1-4-26-22(25)19-6-5-9-24(15-19)14-18-11-20(13-23-12-18)21-10-16(2)7-8-17(21)3/h7-8,10-13,19H,4-6,9,14-15H2,1-3H3/t19-/m1/s1. The average molecular weight is 352 g/mol. The lowest BCUT2D eigenvalue weighted by molar-refractivity contribution is -0.150. The van der Waals surface area contributed by atoms with E-state index < -0.39 is 0 Å². The lowest BCUT2D eigenvalue weighted by atomic mass is 9.97. The molecule has 138 valence electrons. The van der Waals surface area contributed by atoms with E-state index in [9.17, 15) is 4.79 Å². The van der Waals surface area contributed by atoms with E-state index in [0.29, 0.717) is 6.61 Å². The minimum absolute atomic E-state index is 0.00106. The van der Waals surface area contributed by atoms with E-state index in [0.717, 1.165) is 38.0 Å². The number of aromatic nitrogens is 1. The Morgan fingerprint density at radius 2 is 2.12 bits per heavy atom. The van der Waals surface area contributed by atoms with E-state index in [1.165, 1.54) is 22.3 Å². The van der Waals surface area contributed by atoms with Crippen LogP contribution in [0.5, 0.6) is 0 Å². The van der Waals surface area contributed by atoms with Gasteiger partial charge in [-0.25, -0.2) is 0 Å². The number of nitrogens with zero attached hydrogens (tertiary/aromatic N) is 2. The largest absolute Gasteiger partial charge is 0.466 e. The Morgan fingerprint density at radius 1 is 1.27 bits per heavy atom. The molecule has 2 heterocycles. The van der Waals surface area contributed by atoms with Crippen molar-refractivity contribution in [3.63, 3.8) is 0 Å². The van der Waals surface area contributed by atoms with Gasteiger partial charge in [0.05, 0.1) is 12.5 Å². The van der Waals surface area contributed by atoms with Gasteiger partial charge in [0, 0.05) is 31.0 Å². The van der Waals surface area contributed by atoms with Gasteiger partial charge in [-0.1, -0.05) is 23.8 Å². The number of piperidine rings is 1. The Balaban J connectivity index is 1.72. The van der Waals surface area contributed by atoms with Gasteiger partial charge < -0.3 is 4.74 Å². The number of hydrogen-bond donors (Lipinski definition) is 0. The number of esters is 1. The van der Waals surface area contributed by atoms with E-state index in [4.69, 9.17) is 4.74 Å². The molecule has 0 amide bonds. The fourth-order valence-electron chi connectivity index (χ4n) is 3.68. The molecule has 1 atom stereocenters. The maximum absolute atomic E-state index is 12.0. The normalized spacial score (nSPS) is 17.9. The van der Waals surface area contributed by atoms with Crippen LogP contribution < -0.4 is 0 Å². The van der Waals surface area contributed by atoms with Crippen LogP contribution in [0.3, 0.4) is 0 Å². The lowest BCUT2D eigenvalue weighted by Crippen LogP contribution is -2.38. The van der Waals surface area contributed by atoms with E-state index in [1.807, 2.05) is 19.3 Å². The fraction of sp³-hybridized carbons (Fsp3) is 0.455. The second-order valence-electron chi connectivity index (χ2n) is 7.23. The van der Waals surface area contributed by atoms with Crippen LogP contribution in [0.25, 0.3) is 11.1 Å². The van der Waals surface area contributed by atoms with Gasteiger partial charge in [-0.15, -0.1) is 0 Å². The van der Waals surface area contributed by atoms with Crippen molar-refractivity contribution in [3.8, 4) is 11.1 Å². The first-order valence-corrected chi connectivity index (χ1v) is 9.47. The topological polar surface area (TPSA) is 42.4 Å². The highest BCUT2D eigenvalue weighted by Gasteiger charge is 2.26. The number of rotatable bonds is 5. The van der Waals surface area contributed by atoms with Gasteiger partial charge in [0.1, 0.15) is 0 Å². The van der Waals surface area contributed by atoms with Crippen molar-refractivity contribution in [2.45, 2.75) is 40.2 Å². The molecule has 0 aliphatic carbocycles. The quantitative estimate of drug-likeness (QED) is 0.759. The summed E-state index contributed by atoms with van der Waals surface area (Å²) in [7, 11) is 0. The third-order valence-electron chi connectivity index (χ3n) is 5.03. The first kappa shape index (κ1) is 18.6. The van der Waals surface area contributed by atoms with Crippen LogP contribution in [0.1, 0.15) is 36.5 Å². The zero-order chi connectivity index (χ0) is 18.5. The van der Waals surface area contributed by atoms with Crippen molar-refractivity contribution >= 4 is 5.97 Å². The van der Waals surface area contributed by atoms with Crippen LogP contribution in [0.4, 0.5) is 0 Å². The zero-order valence-corrected chi connectivity index (χ0v) is 16.0. The summed E-state index contributed by atoms with van der Waals surface area (Å²) in [4.78, 5) is 18.8. The van der Waals surface area contributed by atoms with Crippen molar-refractivity contribution in [2.75, 3.05) is 19.7 Å². The Hall–Kier alpha value is -2.20. The second kappa shape index (κ2) is 8.45. The minimum atomic E-state index is -0.0561. The van der Waals surface area contributed by atoms with E-state index >= 15 is 0 Å². The summed E-state index contributed by atoms with van der Waals surface area (Å²) in [6.07, 6.45) is 5.83. The molecule has 3 rings (SSSR count). The number of carbonyl (C=O) groups is 1. The fourth-order valence-corrected chi connectivity index (χ4v) is 3.68. The number of hydrogen-bond acceptors (Lipinski definition) is 4. The highest BCUT2D eigenvalue weighted by Crippen LogP contribution is 2.26. The van der Waals surface area contributed by atoms with Crippen LogP contribution >= 0.6 is 0 Å². The predicted molar refractivity (Wildman–Crippen MR) is 104 cm³/mol. The molecule has 0 N–H and O–H groups in total. The molecule has 0 spiro atoms. The molecule has 0 radical (unpaired) electrons. The molecule has 26 heavy (non-hydrogen) atoms. The van der Waals surface area contributed by atoms with Crippen molar-refractivity contribution < 1.29 is 9.53 Å². The van der Waals surface area contributed by atoms with Gasteiger partial charge in [0.2, 0.25) is 0 Å². The van der Waals surface area contributed by atoms with Crippen molar-refractivity contribution in [1.82, 2.24) is 9.88 Å². The third kappa shape index (κ3) is 4.50. The van der Waals surface area contributed by atoms with Crippen molar-refractivity contribution in [2.24, 2.45) is 5.92 Å². The summed E-state index contributed by atoms with van der Waals surface area (Å²) in [6, 6.07) is 8.74. The highest BCUT2D eigenvalue weighted by molar-refractivity contribution is 5.72. The Bertz CT molecular complexity index is 772. The molecule has 4 heteroatoms. The van der Waals surface area contributed by atoms with Crippen molar-refractivity contribution in [1.29, 1.82) is 0 Å². The minimum Gasteiger partial charge on any atom is -0.466 e. The van der Waals surface area contributed by atoms with Gasteiger partial charge in [-0.3, -0.25) is 14.7 Å². The Kier molecular flexibility index (Phi) is 6.04. The monoisotopic (exact) mass is 352 g/mol. The van der Waals surface area contributed by atoms with Gasteiger partial charge in [-0.2, -0.15) is 0 Å². The molecular formula is C22H28N2O2. The van der Waals surface area contributed by atoms with Crippen LogP contribution in [0.15, 0.2) is 36.7 Å². The summed E-state index contributed by atoms with van der Waals surface area (Å²) in [5.41, 5.74) is 6.09. The molecule has 1 aromatic heterocycles. The zero-order valence-electron chi connectivity index (χ0n) is 16.0. The molecule has 1 fully saturated rings. The Labute approximate surface area is 156 Å². The first-order chi connectivity index (χ1) is 12.6. The smallest absolute Gasteiger partial charge is 0.310 e. The summed E-state index contributed by atoms with van der Waals surface area (Å²) < 4.78 is 5.20. The van der Waals surface area contributed by atoms with Gasteiger partial charge in [-0.05, 0) is 62.9 Å². The second-order valence-corrected chi connectivity index (χ2v) is 7.23. The van der Waals surface area contributed by atoms with Crippen LogP contribution in [0.2, 0.25) is 0 Å². The maximum Gasteiger partial charge on any atom is 0.310 e. The van der Waals surface area contributed by atoms with Gasteiger partial charge in [0.15, 0.2) is 0 Å². The molecular weight excluding hydrogens is 324 g/mol. The molecule has 1 aliphatic heterocycles. The molecule has 0 saturated carbocycles. The SMILES string of the molecule is CCOC(=O)[C@@H]1CCCN(Cc2cncc(-c3cc(C)ccc3C)c2)C1. The van der Waals surface area contributed by atoms with E-state index in [-0.39, 0.29) is 11.9 Å². The first-order valence-electron chi connectivity index (χ1n) is 9.47. The molecule has 1 saturated heterocycles. The Morgan fingerprint density at radius 3 is 2.92 bits per heavy atom. The summed E-state index contributed by atoms with van der Waals surface area (Å²) in [6.45, 7) is 9.18. The number of pyridine rings is 1. The van der Waals surface area contributed by atoms with Crippen molar-refractivity contribution in [3.05, 3.63) is 53.3 Å². The molecule has 1 aliphatic rings. The van der Waals surface area contributed by atoms with Gasteiger partial charge >= 0.3 is 5.97 Å². The van der Waals surface area contributed by atoms with E-state index in [1.54, 1.807) is 0 Å². The summed E-state index contributed by atoms with van der Waals surface area (Å²) in [5.74, 6) is -0.0571. The van der Waals surface area contributed by atoms with Crippen LogP contribution in [-0.4, -0.2) is 35.5 Å². The molecule has 4 nitrogen and oxygen atoms in total. The highest BCUT2D eigenvalue weighted by atomic mass is 16.5. The number of likely N-dealkylation sites (tertiary alicyclic amines) is 1. The summed E-state index contributed by atoms with van der Waals surface area (Å²) >= 11 is 0. The number of aryl methyl sites for hydroxylation is 2. The van der Waals surface area contributed by atoms with Crippen LogP contribution in [-0.2, 0) is 16.1 Å². The number of carbonyl (C=O) groups excluding carboxylic acids is 1. The number of ether oxygens (including phenoxy) is 1. The van der Waals surface area contributed by atoms with Crippen LogP contribution in [0, 0.1) is 19.8 Å². The summed E-state index contributed by atoms with van der Waals surface area (Å²) in [5, 5.41) is 0. The molecule has 1 aromatic carbocycles. The van der Waals surface area contributed by atoms with Gasteiger partial charge in [0.25, 0.3) is 0 Å². The average Bonchev–Trinajstić information content (AvgIpc) is 2.64. The maximum atomic E-state index is 12.0. The molecule has 0 unspecified atom stereocenters.